The normalized spacial score (nSPS) is 9.95. The number of amides is 2. The lowest BCUT2D eigenvalue weighted by molar-refractivity contribution is -0.118. The highest BCUT2D eigenvalue weighted by atomic mass is 127. The Kier molecular flexibility index (Phi) is 5.15. The van der Waals surface area contributed by atoms with Crippen LogP contribution in [0, 0.1) is 3.57 Å². The molecule has 2 aromatic carbocycles. The maximum absolute atomic E-state index is 11.8. The highest BCUT2D eigenvalue weighted by Crippen LogP contribution is 2.14. The first kappa shape index (κ1) is 15.3. The Hall–Kier alpha value is -2.09. The predicted molar refractivity (Wildman–Crippen MR) is 88.2 cm³/mol. The zero-order valence-electron chi connectivity index (χ0n) is 11.0. The summed E-state index contributed by atoms with van der Waals surface area (Å²) in [6.45, 7) is -0.110. The minimum atomic E-state index is -0.541. The van der Waals surface area contributed by atoms with Gasteiger partial charge < -0.3 is 15.8 Å². The third kappa shape index (κ3) is 4.75. The van der Waals surface area contributed by atoms with Crippen LogP contribution < -0.4 is 15.8 Å². The molecule has 0 radical (unpaired) electrons. The first-order valence-corrected chi connectivity index (χ1v) is 7.20. The molecule has 5 nitrogen and oxygen atoms in total. The van der Waals surface area contributed by atoms with Gasteiger partial charge in [-0.15, -0.1) is 0 Å². The summed E-state index contributed by atoms with van der Waals surface area (Å²) in [5.74, 6) is -0.229. The number of primary amides is 1. The van der Waals surface area contributed by atoms with E-state index >= 15 is 0 Å². The van der Waals surface area contributed by atoms with Gasteiger partial charge in [0.25, 0.3) is 5.91 Å². The summed E-state index contributed by atoms with van der Waals surface area (Å²) < 4.78 is 6.46. The molecule has 0 fully saturated rings. The number of carbonyl (C=O) groups excluding carboxylic acids is 2. The van der Waals surface area contributed by atoms with Crippen molar-refractivity contribution in [2.75, 3.05) is 11.9 Å². The van der Waals surface area contributed by atoms with Crippen molar-refractivity contribution in [3.8, 4) is 5.75 Å². The molecule has 2 aromatic rings. The number of ether oxygens (including phenoxy) is 1. The Bertz CT molecular complexity index is 656. The van der Waals surface area contributed by atoms with Gasteiger partial charge in [-0.25, -0.2) is 0 Å². The molecular weight excluding hydrogens is 383 g/mol. The monoisotopic (exact) mass is 396 g/mol. The molecule has 0 unspecified atom stereocenters. The van der Waals surface area contributed by atoms with Crippen LogP contribution in [0.2, 0.25) is 0 Å². The molecular formula is C15H13IN2O3. The summed E-state index contributed by atoms with van der Waals surface area (Å²) in [5.41, 5.74) is 6.02. The molecule has 3 N–H and O–H groups in total. The molecule has 0 saturated carbocycles. The number of nitrogens with one attached hydrogen (secondary N) is 1. The molecule has 2 amide bonds. The molecule has 0 bridgehead atoms. The van der Waals surface area contributed by atoms with Crippen LogP contribution in [0.15, 0.2) is 48.5 Å². The van der Waals surface area contributed by atoms with Gasteiger partial charge in [-0.1, -0.05) is 6.07 Å². The number of hydrogen-bond donors (Lipinski definition) is 2. The number of benzene rings is 2. The quantitative estimate of drug-likeness (QED) is 0.762. The van der Waals surface area contributed by atoms with Crippen molar-refractivity contribution in [3.63, 3.8) is 0 Å². The number of rotatable bonds is 5. The van der Waals surface area contributed by atoms with Crippen LogP contribution in [0.25, 0.3) is 0 Å². The number of nitrogens with two attached hydrogens (primary N) is 1. The molecule has 0 aliphatic rings. The average molecular weight is 396 g/mol. The van der Waals surface area contributed by atoms with E-state index in [1.54, 1.807) is 30.3 Å². The molecule has 0 aliphatic heterocycles. The first-order valence-electron chi connectivity index (χ1n) is 6.12. The lowest BCUT2D eigenvalue weighted by Gasteiger charge is -2.08. The van der Waals surface area contributed by atoms with Gasteiger partial charge >= 0.3 is 0 Å². The smallest absolute Gasteiger partial charge is 0.262 e. The van der Waals surface area contributed by atoms with Crippen LogP contribution in [0.3, 0.4) is 0 Å². The van der Waals surface area contributed by atoms with Crippen molar-refractivity contribution in [1.82, 2.24) is 0 Å². The highest BCUT2D eigenvalue weighted by Gasteiger charge is 2.06. The van der Waals surface area contributed by atoms with E-state index in [0.29, 0.717) is 17.0 Å². The van der Waals surface area contributed by atoms with Crippen molar-refractivity contribution in [2.45, 2.75) is 0 Å². The van der Waals surface area contributed by atoms with Crippen LogP contribution >= 0.6 is 22.6 Å². The Morgan fingerprint density at radius 1 is 1.14 bits per heavy atom. The predicted octanol–water partition coefficient (Wildman–Crippen LogP) is 2.41. The lowest BCUT2D eigenvalue weighted by Crippen LogP contribution is -2.20. The standard InChI is InChI=1S/C15H13IN2O3/c16-11-4-6-13(7-5-11)21-9-14(19)18-12-3-1-2-10(8-12)15(17)20/h1-8H,9H2,(H2,17,20)(H,18,19). The summed E-state index contributed by atoms with van der Waals surface area (Å²) in [7, 11) is 0. The molecule has 108 valence electrons. The third-order valence-corrected chi connectivity index (χ3v) is 3.33. The number of carbonyl (C=O) groups is 2. The summed E-state index contributed by atoms with van der Waals surface area (Å²) >= 11 is 2.19. The number of hydrogen-bond acceptors (Lipinski definition) is 3. The lowest BCUT2D eigenvalue weighted by atomic mass is 10.2. The fourth-order valence-corrected chi connectivity index (χ4v) is 1.99. The van der Waals surface area contributed by atoms with Crippen LogP contribution in [0.5, 0.6) is 5.75 Å². The van der Waals surface area contributed by atoms with Gasteiger partial charge in [-0.2, -0.15) is 0 Å². The Balaban J connectivity index is 1.91. The van der Waals surface area contributed by atoms with E-state index in [2.05, 4.69) is 27.9 Å². The van der Waals surface area contributed by atoms with Gasteiger partial charge in [0.1, 0.15) is 5.75 Å². The molecule has 0 heterocycles. The highest BCUT2D eigenvalue weighted by molar-refractivity contribution is 14.1. The van der Waals surface area contributed by atoms with Crippen molar-refractivity contribution in [2.24, 2.45) is 5.73 Å². The zero-order chi connectivity index (χ0) is 15.2. The average Bonchev–Trinajstić information content (AvgIpc) is 2.47. The van der Waals surface area contributed by atoms with E-state index in [9.17, 15) is 9.59 Å². The van der Waals surface area contributed by atoms with Crippen LogP contribution in [0.1, 0.15) is 10.4 Å². The van der Waals surface area contributed by atoms with Gasteiger partial charge in [-0.05, 0) is 65.1 Å². The topological polar surface area (TPSA) is 81.4 Å². The molecule has 6 heteroatoms. The minimum absolute atomic E-state index is 0.110. The van der Waals surface area contributed by atoms with Crippen LogP contribution in [-0.4, -0.2) is 18.4 Å². The fraction of sp³-hybridized carbons (Fsp3) is 0.0667. The Morgan fingerprint density at radius 3 is 2.52 bits per heavy atom. The maximum Gasteiger partial charge on any atom is 0.262 e. The SMILES string of the molecule is NC(=O)c1cccc(NC(=O)COc2ccc(I)cc2)c1. The second kappa shape index (κ2) is 7.07. The van der Waals surface area contributed by atoms with Gasteiger partial charge in [0.15, 0.2) is 6.61 Å². The third-order valence-electron chi connectivity index (χ3n) is 2.61. The van der Waals surface area contributed by atoms with Crippen molar-refractivity contribution in [3.05, 3.63) is 57.7 Å². The summed E-state index contributed by atoms with van der Waals surface area (Å²) in [5, 5.41) is 2.65. The van der Waals surface area contributed by atoms with Crippen LogP contribution in [0.4, 0.5) is 5.69 Å². The summed E-state index contributed by atoms with van der Waals surface area (Å²) in [4.78, 5) is 22.8. The molecule has 0 aromatic heterocycles. The molecule has 0 atom stereocenters. The van der Waals surface area contributed by atoms with E-state index in [-0.39, 0.29) is 12.5 Å². The van der Waals surface area contributed by atoms with E-state index < -0.39 is 5.91 Å². The van der Waals surface area contributed by atoms with Crippen molar-refractivity contribution >= 4 is 40.1 Å². The van der Waals surface area contributed by atoms with Crippen LogP contribution in [-0.2, 0) is 4.79 Å². The second-order valence-corrected chi connectivity index (χ2v) is 5.48. The maximum atomic E-state index is 11.8. The van der Waals surface area contributed by atoms with E-state index in [0.717, 1.165) is 3.57 Å². The van der Waals surface area contributed by atoms with Gasteiger partial charge in [0.2, 0.25) is 5.91 Å². The van der Waals surface area contributed by atoms with E-state index in [1.807, 2.05) is 12.1 Å². The van der Waals surface area contributed by atoms with Crippen molar-refractivity contribution < 1.29 is 14.3 Å². The van der Waals surface area contributed by atoms with Gasteiger partial charge in [0, 0.05) is 14.8 Å². The Morgan fingerprint density at radius 2 is 1.86 bits per heavy atom. The van der Waals surface area contributed by atoms with Gasteiger partial charge in [0.05, 0.1) is 0 Å². The van der Waals surface area contributed by atoms with Gasteiger partial charge in [-0.3, -0.25) is 9.59 Å². The molecule has 0 spiro atoms. The number of halogens is 1. The Labute approximate surface area is 135 Å². The second-order valence-electron chi connectivity index (χ2n) is 4.24. The van der Waals surface area contributed by atoms with Crippen molar-refractivity contribution in [1.29, 1.82) is 0 Å². The number of anilines is 1. The molecule has 0 aliphatic carbocycles. The molecule has 21 heavy (non-hydrogen) atoms. The zero-order valence-corrected chi connectivity index (χ0v) is 13.2. The summed E-state index contributed by atoms with van der Waals surface area (Å²) in [6.07, 6.45) is 0. The minimum Gasteiger partial charge on any atom is -0.484 e. The first-order chi connectivity index (χ1) is 10.0. The summed E-state index contributed by atoms with van der Waals surface area (Å²) in [6, 6.07) is 13.8. The van der Waals surface area contributed by atoms with E-state index in [1.165, 1.54) is 6.07 Å². The molecule has 0 saturated heterocycles. The fourth-order valence-electron chi connectivity index (χ4n) is 1.63. The largest absolute Gasteiger partial charge is 0.484 e. The molecule has 2 rings (SSSR count). The van der Waals surface area contributed by atoms with E-state index in [4.69, 9.17) is 10.5 Å².